The Bertz CT molecular complexity index is 1270. The zero-order valence-electron chi connectivity index (χ0n) is 19.8. The molecular weight excluding hydrogens is 458 g/mol. The van der Waals surface area contributed by atoms with Crippen LogP contribution in [0.1, 0.15) is 25.7 Å². The second-order valence-corrected chi connectivity index (χ2v) is 9.07. The molecule has 2 N–H and O–H groups in total. The average molecular weight is 490 g/mol. The molecule has 5 rings (SSSR count). The molecule has 1 saturated heterocycles. The lowest BCUT2D eigenvalue weighted by Gasteiger charge is -2.26. The molecule has 0 aliphatic carbocycles. The Morgan fingerprint density at radius 2 is 1.51 bits per heavy atom. The van der Waals surface area contributed by atoms with Crippen LogP contribution in [0.4, 0.5) is 0 Å². The van der Waals surface area contributed by atoms with Gasteiger partial charge in [0.2, 0.25) is 0 Å². The Morgan fingerprint density at radius 1 is 0.743 bits per heavy atom. The van der Waals surface area contributed by atoms with E-state index in [1.165, 1.54) is 32.4 Å². The highest BCUT2D eigenvalue weighted by molar-refractivity contribution is 6.04. The normalized spacial score (nSPS) is 13.9. The van der Waals surface area contributed by atoms with Crippen molar-refractivity contribution in [2.75, 3.05) is 26.2 Å². The van der Waals surface area contributed by atoms with Crippen LogP contribution in [0.3, 0.4) is 0 Å². The summed E-state index contributed by atoms with van der Waals surface area (Å²) in [7, 11) is 0. The number of rotatable bonds is 7. The summed E-state index contributed by atoms with van der Waals surface area (Å²) < 4.78 is 6.15. The summed E-state index contributed by atoms with van der Waals surface area (Å²) in [6.07, 6.45) is 5.01. The van der Waals surface area contributed by atoms with E-state index in [4.69, 9.17) is 4.74 Å². The maximum absolute atomic E-state index is 10.0. The van der Waals surface area contributed by atoms with Crippen molar-refractivity contribution < 1.29 is 14.9 Å². The molecule has 4 nitrogen and oxygen atoms in total. The number of phenolic OH excluding ortho intramolecular Hbond substituents is 2. The Morgan fingerprint density at radius 3 is 2.31 bits per heavy atom. The minimum atomic E-state index is 0. The fourth-order valence-electron chi connectivity index (χ4n) is 4.91. The van der Waals surface area contributed by atoms with Gasteiger partial charge in [-0.15, -0.1) is 12.4 Å². The molecule has 0 aromatic heterocycles. The lowest BCUT2D eigenvalue weighted by Crippen LogP contribution is -2.31. The van der Waals surface area contributed by atoms with Crippen LogP contribution in [0.2, 0.25) is 0 Å². The van der Waals surface area contributed by atoms with Crippen molar-refractivity contribution in [3.63, 3.8) is 0 Å². The number of nitrogens with zero attached hydrogens (tertiary/aromatic N) is 1. The van der Waals surface area contributed by atoms with Gasteiger partial charge in [-0.3, -0.25) is 0 Å². The van der Waals surface area contributed by atoms with E-state index in [0.29, 0.717) is 6.61 Å². The van der Waals surface area contributed by atoms with E-state index in [9.17, 15) is 10.2 Å². The van der Waals surface area contributed by atoms with Crippen LogP contribution < -0.4 is 4.74 Å². The average Bonchev–Trinajstić information content (AvgIpc) is 2.87. The van der Waals surface area contributed by atoms with E-state index in [0.717, 1.165) is 51.7 Å². The number of likely N-dealkylation sites (tertiary alicyclic amines) is 1. The summed E-state index contributed by atoms with van der Waals surface area (Å²) in [5, 5.41) is 21.8. The molecule has 0 radical (unpaired) electrons. The van der Waals surface area contributed by atoms with Gasteiger partial charge < -0.3 is 19.8 Å². The quantitative estimate of drug-likeness (QED) is 0.268. The Hall–Kier alpha value is -3.21. The van der Waals surface area contributed by atoms with Crippen molar-refractivity contribution in [1.29, 1.82) is 0 Å². The maximum Gasteiger partial charge on any atom is 0.119 e. The van der Waals surface area contributed by atoms with Crippen LogP contribution in [-0.2, 0) is 0 Å². The molecule has 1 fully saturated rings. The van der Waals surface area contributed by atoms with E-state index in [1.54, 1.807) is 24.3 Å². The fraction of sp³-hybridized carbons (Fsp3) is 0.267. The number of aromatic hydroxyl groups is 2. The summed E-state index contributed by atoms with van der Waals surface area (Å²) in [6, 6.07) is 25.1. The van der Waals surface area contributed by atoms with E-state index < -0.39 is 0 Å². The van der Waals surface area contributed by atoms with Crippen molar-refractivity contribution >= 4 is 23.2 Å². The molecule has 1 aliphatic heterocycles. The SMILES string of the molecule is Cl.Oc1ccc(-c2ccc3cc(O)ccc3c2-c2cccc(OCCCN3CCCCC3)c2)cc1. The van der Waals surface area contributed by atoms with Gasteiger partial charge in [-0.2, -0.15) is 0 Å². The van der Waals surface area contributed by atoms with Crippen LogP contribution in [0.5, 0.6) is 17.2 Å². The molecule has 182 valence electrons. The van der Waals surface area contributed by atoms with Crippen LogP contribution in [-0.4, -0.2) is 41.4 Å². The van der Waals surface area contributed by atoms with Crippen LogP contribution in [0.25, 0.3) is 33.0 Å². The largest absolute Gasteiger partial charge is 0.508 e. The van der Waals surface area contributed by atoms with Crippen molar-refractivity contribution in [2.24, 2.45) is 0 Å². The predicted molar refractivity (Wildman–Crippen MR) is 146 cm³/mol. The van der Waals surface area contributed by atoms with Gasteiger partial charge in [0.1, 0.15) is 17.2 Å². The van der Waals surface area contributed by atoms with Crippen LogP contribution in [0.15, 0.2) is 78.9 Å². The highest BCUT2D eigenvalue weighted by Crippen LogP contribution is 2.40. The van der Waals surface area contributed by atoms with Gasteiger partial charge in [0.15, 0.2) is 0 Å². The molecule has 5 heteroatoms. The molecule has 0 amide bonds. The zero-order chi connectivity index (χ0) is 23.3. The molecule has 4 aromatic carbocycles. The molecule has 0 bridgehead atoms. The van der Waals surface area contributed by atoms with E-state index >= 15 is 0 Å². The summed E-state index contributed by atoms with van der Waals surface area (Å²) in [6.45, 7) is 4.23. The molecule has 35 heavy (non-hydrogen) atoms. The second-order valence-electron chi connectivity index (χ2n) is 9.07. The van der Waals surface area contributed by atoms with E-state index in [-0.39, 0.29) is 23.9 Å². The zero-order valence-corrected chi connectivity index (χ0v) is 20.6. The maximum atomic E-state index is 10.0. The van der Waals surface area contributed by atoms with Crippen LogP contribution >= 0.6 is 12.4 Å². The molecule has 4 aromatic rings. The van der Waals surface area contributed by atoms with Gasteiger partial charge >= 0.3 is 0 Å². The van der Waals surface area contributed by atoms with Crippen LogP contribution in [0, 0.1) is 0 Å². The first kappa shape index (κ1) is 24.9. The van der Waals surface area contributed by atoms with Gasteiger partial charge in [-0.25, -0.2) is 0 Å². The summed E-state index contributed by atoms with van der Waals surface area (Å²) >= 11 is 0. The fourth-order valence-corrected chi connectivity index (χ4v) is 4.91. The first-order chi connectivity index (χ1) is 16.7. The lowest BCUT2D eigenvalue weighted by molar-refractivity contribution is 0.205. The van der Waals surface area contributed by atoms with Crippen molar-refractivity contribution in [2.45, 2.75) is 25.7 Å². The number of hydrogen-bond acceptors (Lipinski definition) is 4. The van der Waals surface area contributed by atoms with E-state index in [2.05, 4.69) is 23.1 Å². The molecule has 0 atom stereocenters. The van der Waals surface area contributed by atoms with Gasteiger partial charge in [0.25, 0.3) is 0 Å². The molecular formula is C30H32ClNO3. The molecule has 1 aliphatic rings. The number of benzene rings is 4. The summed E-state index contributed by atoms with van der Waals surface area (Å²) in [4.78, 5) is 2.54. The van der Waals surface area contributed by atoms with Crippen molar-refractivity contribution in [3.8, 4) is 39.5 Å². The summed E-state index contributed by atoms with van der Waals surface area (Å²) in [5.41, 5.74) is 4.24. The number of phenols is 2. The number of fused-ring (bicyclic) bond motifs is 1. The third kappa shape index (κ3) is 5.90. The molecule has 1 heterocycles. The Labute approximate surface area is 213 Å². The van der Waals surface area contributed by atoms with Crippen molar-refractivity contribution in [3.05, 3.63) is 78.9 Å². The number of ether oxygens (including phenoxy) is 1. The first-order valence-corrected chi connectivity index (χ1v) is 12.2. The minimum Gasteiger partial charge on any atom is -0.508 e. The lowest BCUT2D eigenvalue weighted by atomic mass is 9.89. The smallest absolute Gasteiger partial charge is 0.119 e. The van der Waals surface area contributed by atoms with Gasteiger partial charge in [-0.1, -0.05) is 48.9 Å². The van der Waals surface area contributed by atoms with Gasteiger partial charge in [0, 0.05) is 6.54 Å². The predicted octanol–water partition coefficient (Wildman–Crippen LogP) is 7.26. The minimum absolute atomic E-state index is 0. The van der Waals surface area contributed by atoms with Gasteiger partial charge in [0.05, 0.1) is 6.61 Å². The Kier molecular flexibility index (Phi) is 8.17. The van der Waals surface area contributed by atoms with Gasteiger partial charge in [-0.05, 0) is 102 Å². The first-order valence-electron chi connectivity index (χ1n) is 12.2. The topological polar surface area (TPSA) is 52.9 Å². The van der Waals surface area contributed by atoms with Crippen molar-refractivity contribution in [1.82, 2.24) is 4.90 Å². The number of hydrogen-bond donors (Lipinski definition) is 2. The molecule has 0 unspecified atom stereocenters. The summed E-state index contributed by atoms with van der Waals surface area (Å²) in [5.74, 6) is 1.36. The van der Waals surface area contributed by atoms with E-state index in [1.807, 2.05) is 36.4 Å². The third-order valence-electron chi connectivity index (χ3n) is 6.64. The molecule has 0 spiro atoms. The standard InChI is InChI=1S/C30H31NO3.ClH/c32-25-11-8-22(9-12-25)28-14-10-23-20-26(33)13-15-29(23)30(28)24-6-4-7-27(21-24)34-19-5-18-31-16-2-1-3-17-31;/h4,6-15,20-21,32-33H,1-3,5,16-19H2;1H. The Balaban J connectivity index is 0.00000289. The monoisotopic (exact) mass is 489 g/mol. The number of halogens is 1. The number of piperidine rings is 1. The second kappa shape index (κ2) is 11.5. The third-order valence-corrected chi connectivity index (χ3v) is 6.64. The molecule has 0 saturated carbocycles. The highest BCUT2D eigenvalue weighted by Gasteiger charge is 2.14. The highest BCUT2D eigenvalue weighted by atomic mass is 35.5.